The SMILES string of the molecule is COc1cc(Sc2ccc(Cl)cc2)c(N)cc1F. The fourth-order valence-corrected chi connectivity index (χ4v) is 2.42. The largest absolute Gasteiger partial charge is 0.494 e. The Bertz CT molecular complexity index is 560. The predicted molar refractivity (Wildman–Crippen MR) is 72.9 cm³/mol. The number of halogens is 2. The Morgan fingerprint density at radius 1 is 1.22 bits per heavy atom. The van der Waals surface area contributed by atoms with Gasteiger partial charge in [0.25, 0.3) is 0 Å². The molecule has 2 aromatic carbocycles. The summed E-state index contributed by atoms with van der Waals surface area (Å²) in [7, 11) is 1.42. The zero-order valence-corrected chi connectivity index (χ0v) is 11.2. The Morgan fingerprint density at radius 3 is 2.50 bits per heavy atom. The van der Waals surface area contributed by atoms with Crippen LogP contribution in [0.15, 0.2) is 46.2 Å². The molecule has 0 fully saturated rings. The van der Waals surface area contributed by atoms with Gasteiger partial charge in [-0.3, -0.25) is 0 Å². The number of hydrogen-bond donors (Lipinski definition) is 1. The first kappa shape index (κ1) is 13.1. The van der Waals surface area contributed by atoms with Crippen molar-refractivity contribution in [2.45, 2.75) is 9.79 Å². The number of rotatable bonds is 3. The minimum atomic E-state index is -0.463. The van der Waals surface area contributed by atoms with Gasteiger partial charge in [-0.1, -0.05) is 23.4 Å². The van der Waals surface area contributed by atoms with Crippen LogP contribution in [0.1, 0.15) is 0 Å². The highest BCUT2D eigenvalue weighted by Crippen LogP contribution is 2.36. The molecule has 2 rings (SSSR count). The number of methoxy groups -OCH3 is 1. The van der Waals surface area contributed by atoms with Crippen LogP contribution in [0.25, 0.3) is 0 Å². The number of nitrogens with two attached hydrogens (primary N) is 1. The molecule has 2 aromatic rings. The summed E-state index contributed by atoms with van der Waals surface area (Å²) in [5.74, 6) is -0.281. The Kier molecular flexibility index (Phi) is 3.99. The molecule has 0 saturated carbocycles. The van der Waals surface area contributed by atoms with E-state index < -0.39 is 5.82 Å². The topological polar surface area (TPSA) is 35.2 Å². The maximum absolute atomic E-state index is 13.4. The molecule has 0 spiro atoms. The first-order valence-electron chi connectivity index (χ1n) is 5.16. The lowest BCUT2D eigenvalue weighted by Crippen LogP contribution is -1.94. The van der Waals surface area contributed by atoms with Crippen molar-refractivity contribution in [1.82, 2.24) is 0 Å². The normalized spacial score (nSPS) is 10.4. The second-order valence-corrected chi connectivity index (χ2v) is 5.13. The lowest BCUT2D eigenvalue weighted by atomic mass is 10.3. The molecule has 0 unspecified atom stereocenters. The summed E-state index contributed by atoms with van der Waals surface area (Å²) in [6, 6.07) is 10.2. The number of hydrogen-bond acceptors (Lipinski definition) is 3. The Labute approximate surface area is 114 Å². The van der Waals surface area contributed by atoms with Gasteiger partial charge in [0, 0.05) is 26.6 Å². The van der Waals surface area contributed by atoms with Crippen molar-refractivity contribution >= 4 is 29.1 Å². The maximum Gasteiger partial charge on any atom is 0.167 e. The number of ether oxygens (including phenoxy) is 1. The van der Waals surface area contributed by atoms with Gasteiger partial charge < -0.3 is 10.5 Å². The molecule has 0 aliphatic rings. The molecule has 0 atom stereocenters. The minimum absolute atomic E-state index is 0.181. The molecule has 94 valence electrons. The summed E-state index contributed by atoms with van der Waals surface area (Å²) < 4.78 is 18.3. The quantitative estimate of drug-likeness (QED) is 0.857. The first-order valence-corrected chi connectivity index (χ1v) is 6.36. The summed E-state index contributed by atoms with van der Waals surface area (Å²) in [5, 5.41) is 0.670. The first-order chi connectivity index (χ1) is 8.60. The van der Waals surface area contributed by atoms with E-state index in [9.17, 15) is 4.39 Å². The van der Waals surface area contributed by atoms with Crippen LogP contribution in [0.2, 0.25) is 5.02 Å². The van der Waals surface area contributed by atoms with Gasteiger partial charge in [0.2, 0.25) is 0 Å². The molecule has 2 N–H and O–H groups in total. The lowest BCUT2D eigenvalue weighted by Gasteiger charge is -2.09. The molecule has 2 nitrogen and oxygen atoms in total. The fourth-order valence-electron chi connectivity index (χ4n) is 1.42. The highest BCUT2D eigenvalue weighted by atomic mass is 35.5. The summed E-state index contributed by atoms with van der Waals surface area (Å²) in [6.45, 7) is 0. The Hall–Kier alpha value is -1.39. The molecule has 0 aromatic heterocycles. The fraction of sp³-hybridized carbons (Fsp3) is 0.0769. The molecular formula is C13H11ClFNOS. The highest BCUT2D eigenvalue weighted by Gasteiger charge is 2.09. The van der Waals surface area contributed by atoms with Gasteiger partial charge in [-0.15, -0.1) is 0 Å². The van der Waals surface area contributed by atoms with Crippen LogP contribution in [0.5, 0.6) is 5.75 Å². The van der Waals surface area contributed by atoms with Crippen molar-refractivity contribution in [3.05, 3.63) is 47.2 Å². The molecule has 18 heavy (non-hydrogen) atoms. The van der Waals surface area contributed by atoms with Crippen LogP contribution in [-0.2, 0) is 0 Å². The standard InChI is InChI=1S/C13H11ClFNOS/c1-17-12-7-13(11(16)6-10(12)15)18-9-4-2-8(14)3-5-9/h2-7H,16H2,1H3. The van der Waals surface area contributed by atoms with E-state index in [-0.39, 0.29) is 5.75 Å². The average molecular weight is 284 g/mol. The molecule has 0 aliphatic carbocycles. The van der Waals surface area contributed by atoms with E-state index >= 15 is 0 Å². The number of benzene rings is 2. The second kappa shape index (κ2) is 5.50. The van der Waals surface area contributed by atoms with Crippen LogP contribution in [0.3, 0.4) is 0 Å². The van der Waals surface area contributed by atoms with Crippen molar-refractivity contribution < 1.29 is 9.13 Å². The van der Waals surface area contributed by atoms with Crippen LogP contribution in [-0.4, -0.2) is 7.11 Å². The molecule has 0 bridgehead atoms. The van der Waals surface area contributed by atoms with Gasteiger partial charge in [0.15, 0.2) is 11.6 Å². The van der Waals surface area contributed by atoms with Crippen molar-refractivity contribution in [1.29, 1.82) is 0 Å². The van der Waals surface area contributed by atoms with Gasteiger partial charge in [-0.05, 0) is 30.3 Å². The van der Waals surface area contributed by atoms with Gasteiger partial charge in [-0.25, -0.2) is 4.39 Å². The molecule has 0 amide bonds. The third-order valence-corrected chi connectivity index (χ3v) is 3.66. The molecule has 5 heteroatoms. The molecular weight excluding hydrogens is 273 g/mol. The highest BCUT2D eigenvalue weighted by molar-refractivity contribution is 7.99. The molecule has 0 radical (unpaired) electrons. The Balaban J connectivity index is 2.31. The van der Waals surface area contributed by atoms with E-state index in [1.165, 1.54) is 24.9 Å². The lowest BCUT2D eigenvalue weighted by molar-refractivity contribution is 0.385. The van der Waals surface area contributed by atoms with Crippen LogP contribution >= 0.6 is 23.4 Å². The average Bonchev–Trinajstić information content (AvgIpc) is 2.35. The van der Waals surface area contributed by atoms with E-state index in [4.69, 9.17) is 22.1 Å². The van der Waals surface area contributed by atoms with Gasteiger partial charge in [-0.2, -0.15) is 0 Å². The van der Waals surface area contributed by atoms with E-state index in [0.29, 0.717) is 10.7 Å². The van der Waals surface area contributed by atoms with Crippen LogP contribution in [0.4, 0.5) is 10.1 Å². The third kappa shape index (κ3) is 2.89. The number of nitrogen functional groups attached to an aromatic ring is 1. The van der Waals surface area contributed by atoms with Gasteiger partial charge in [0.05, 0.1) is 7.11 Å². The van der Waals surface area contributed by atoms with Crippen molar-refractivity contribution in [2.24, 2.45) is 0 Å². The summed E-state index contributed by atoms with van der Waals surface area (Å²) >= 11 is 7.24. The van der Waals surface area contributed by atoms with E-state index in [2.05, 4.69) is 0 Å². The van der Waals surface area contributed by atoms with E-state index in [1.807, 2.05) is 12.1 Å². The zero-order valence-electron chi connectivity index (χ0n) is 9.61. The third-order valence-electron chi connectivity index (χ3n) is 2.33. The zero-order chi connectivity index (χ0) is 13.1. The van der Waals surface area contributed by atoms with Crippen molar-refractivity contribution in [3.8, 4) is 5.75 Å². The van der Waals surface area contributed by atoms with Gasteiger partial charge in [0.1, 0.15) is 0 Å². The van der Waals surface area contributed by atoms with Gasteiger partial charge >= 0.3 is 0 Å². The smallest absolute Gasteiger partial charge is 0.167 e. The number of anilines is 1. The Morgan fingerprint density at radius 2 is 1.89 bits per heavy atom. The molecule has 0 heterocycles. The molecule has 0 aliphatic heterocycles. The monoisotopic (exact) mass is 283 g/mol. The van der Waals surface area contributed by atoms with Crippen molar-refractivity contribution in [2.75, 3.05) is 12.8 Å². The summed E-state index contributed by atoms with van der Waals surface area (Å²) in [4.78, 5) is 1.72. The second-order valence-electron chi connectivity index (χ2n) is 3.58. The van der Waals surface area contributed by atoms with E-state index in [1.54, 1.807) is 18.2 Å². The predicted octanol–water partition coefficient (Wildman–Crippen LogP) is 4.22. The molecule has 0 saturated heterocycles. The maximum atomic E-state index is 13.4. The van der Waals surface area contributed by atoms with E-state index in [0.717, 1.165) is 9.79 Å². The summed E-state index contributed by atoms with van der Waals surface area (Å²) in [5.41, 5.74) is 6.16. The minimum Gasteiger partial charge on any atom is -0.494 e. The van der Waals surface area contributed by atoms with Crippen LogP contribution < -0.4 is 10.5 Å². The summed E-state index contributed by atoms with van der Waals surface area (Å²) in [6.07, 6.45) is 0. The van der Waals surface area contributed by atoms with Crippen LogP contribution in [0, 0.1) is 5.82 Å². The van der Waals surface area contributed by atoms with Crippen molar-refractivity contribution in [3.63, 3.8) is 0 Å².